The minimum absolute atomic E-state index is 0.00107. The van der Waals surface area contributed by atoms with E-state index >= 15 is 0 Å². The Morgan fingerprint density at radius 1 is 1.19 bits per heavy atom. The van der Waals surface area contributed by atoms with Crippen LogP contribution >= 0.6 is 0 Å². The van der Waals surface area contributed by atoms with Gasteiger partial charge in [-0.05, 0) is 37.6 Å². The highest BCUT2D eigenvalue weighted by Crippen LogP contribution is 2.42. The van der Waals surface area contributed by atoms with E-state index in [4.69, 9.17) is 9.47 Å². The van der Waals surface area contributed by atoms with Crippen molar-refractivity contribution in [3.8, 4) is 11.5 Å². The number of fused-ring (bicyclic) bond motifs is 1. The number of nitrogens with one attached hydrogen (secondary N) is 1. The van der Waals surface area contributed by atoms with E-state index in [0.717, 1.165) is 5.69 Å². The minimum atomic E-state index is -0.490. The zero-order valence-electron chi connectivity index (χ0n) is 14.7. The van der Waals surface area contributed by atoms with E-state index in [1.165, 1.54) is 6.07 Å². The number of benzene rings is 2. The van der Waals surface area contributed by atoms with Crippen LogP contribution in [-0.2, 0) is 0 Å². The molecule has 1 aliphatic heterocycles. The van der Waals surface area contributed by atoms with Gasteiger partial charge in [-0.15, -0.1) is 0 Å². The fourth-order valence-corrected chi connectivity index (χ4v) is 3.08. The number of carbonyl (C=O) groups excluding carboxylic acids is 1. The monoisotopic (exact) mass is 356 g/mol. The second-order valence-electron chi connectivity index (χ2n) is 5.86. The highest BCUT2D eigenvalue weighted by molar-refractivity contribution is 6.03. The summed E-state index contributed by atoms with van der Waals surface area (Å²) in [7, 11) is 0. The Morgan fingerprint density at radius 3 is 2.62 bits per heavy atom. The van der Waals surface area contributed by atoms with Crippen molar-refractivity contribution in [2.75, 3.05) is 18.5 Å². The summed E-state index contributed by atoms with van der Waals surface area (Å²) < 4.78 is 11.0. The van der Waals surface area contributed by atoms with Crippen LogP contribution in [0, 0.1) is 10.1 Å². The molecule has 0 saturated heterocycles. The molecule has 0 radical (unpaired) electrons. The number of ether oxygens (including phenoxy) is 2. The van der Waals surface area contributed by atoms with Crippen LogP contribution in [0.25, 0.3) is 0 Å². The molecule has 0 spiro atoms. The van der Waals surface area contributed by atoms with Crippen molar-refractivity contribution in [3.05, 3.63) is 57.6 Å². The first-order valence-electron chi connectivity index (χ1n) is 8.51. The van der Waals surface area contributed by atoms with E-state index in [2.05, 4.69) is 5.32 Å². The molecule has 1 unspecified atom stereocenters. The van der Waals surface area contributed by atoms with Gasteiger partial charge in [-0.3, -0.25) is 14.9 Å². The maximum atomic E-state index is 12.4. The molecule has 1 atom stereocenters. The number of nitro groups is 1. The largest absolute Gasteiger partial charge is 0.490 e. The Balaban J connectivity index is 2.05. The van der Waals surface area contributed by atoms with Gasteiger partial charge in [0.2, 0.25) is 5.75 Å². The first-order valence-corrected chi connectivity index (χ1v) is 8.51. The van der Waals surface area contributed by atoms with E-state index in [1.54, 1.807) is 26.0 Å². The normalized spacial score (nSPS) is 15.8. The highest BCUT2D eigenvalue weighted by atomic mass is 16.6. The molecule has 26 heavy (non-hydrogen) atoms. The molecule has 0 aliphatic carbocycles. The van der Waals surface area contributed by atoms with Gasteiger partial charge in [0.25, 0.3) is 0 Å². The van der Waals surface area contributed by atoms with Gasteiger partial charge in [0.15, 0.2) is 11.5 Å². The smallest absolute Gasteiger partial charge is 0.315 e. The molecule has 2 aromatic carbocycles. The first-order chi connectivity index (χ1) is 12.5. The van der Waals surface area contributed by atoms with E-state index < -0.39 is 4.92 Å². The molecule has 0 saturated carbocycles. The third-order valence-electron chi connectivity index (χ3n) is 4.19. The molecule has 3 rings (SSSR count). The Kier molecular flexibility index (Phi) is 5.06. The summed E-state index contributed by atoms with van der Waals surface area (Å²) in [5, 5.41) is 14.8. The van der Waals surface area contributed by atoms with Crippen LogP contribution in [0.5, 0.6) is 11.5 Å². The summed E-state index contributed by atoms with van der Waals surface area (Å²) in [6.45, 7) is 4.19. The lowest BCUT2D eigenvalue weighted by Crippen LogP contribution is -2.23. The van der Waals surface area contributed by atoms with Crippen molar-refractivity contribution in [3.63, 3.8) is 0 Å². The molecule has 7 heteroatoms. The van der Waals surface area contributed by atoms with Crippen LogP contribution in [0.1, 0.15) is 42.2 Å². The highest BCUT2D eigenvalue weighted by Gasteiger charge is 2.29. The molecule has 0 fully saturated rings. The van der Waals surface area contributed by atoms with Crippen LogP contribution in [0.15, 0.2) is 36.4 Å². The molecular weight excluding hydrogens is 336 g/mol. The second kappa shape index (κ2) is 7.43. The van der Waals surface area contributed by atoms with Gasteiger partial charge < -0.3 is 14.8 Å². The maximum Gasteiger partial charge on any atom is 0.315 e. The third-order valence-corrected chi connectivity index (χ3v) is 4.19. The fourth-order valence-electron chi connectivity index (χ4n) is 3.08. The van der Waals surface area contributed by atoms with Gasteiger partial charge in [0.1, 0.15) is 0 Å². The number of rotatable bonds is 6. The molecule has 2 aromatic rings. The number of ketones is 1. The minimum Gasteiger partial charge on any atom is -0.490 e. The lowest BCUT2D eigenvalue weighted by molar-refractivity contribution is -0.386. The van der Waals surface area contributed by atoms with Gasteiger partial charge in [-0.1, -0.05) is 12.1 Å². The third kappa shape index (κ3) is 3.33. The lowest BCUT2D eigenvalue weighted by Gasteiger charge is -2.27. The fraction of sp³-hybridized carbons (Fsp3) is 0.316. The van der Waals surface area contributed by atoms with Gasteiger partial charge in [0.05, 0.1) is 24.2 Å². The van der Waals surface area contributed by atoms with Crippen LogP contribution in [-0.4, -0.2) is 23.9 Å². The summed E-state index contributed by atoms with van der Waals surface area (Å²) in [5.74, 6) is 0.427. The Bertz CT molecular complexity index is 850. The molecule has 0 bridgehead atoms. The van der Waals surface area contributed by atoms with Crippen LogP contribution < -0.4 is 14.8 Å². The number of Topliss-reactive ketones (excluding diaryl/α,β-unsaturated/α-hetero) is 1. The summed E-state index contributed by atoms with van der Waals surface area (Å²) in [6.07, 6.45) is 0.216. The standard InChI is InChI=1S/C19H20N2O5/c1-3-25-18-10-12(9-16(21(23)24)19(18)26-4-2)15-11-17(22)13-7-5-6-8-14(13)20-15/h5-10,15,20H,3-4,11H2,1-2H3. The Hall–Kier alpha value is -3.09. The quantitative estimate of drug-likeness (QED) is 0.618. The van der Waals surface area contributed by atoms with E-state index in [-0.39, 0.29) is 36.3 Å². The van der Waals surface area contributed by atoms with Gasteiger partial charge >= 0.3 is 5.69 Å². The zero-order chi connectivity index (χ0) is 18.7. The molecule has 0 aromatic heterocycles. The van der Waals surface area contributed by atoms with Crippen molar-refractivity contribution in [2.24, 2.45) is 0 Å². The first kappa shape index (κ1) is 17.7. The van der Waals surface area contributed by atoms with E-state index in [9.17, 15) is 14.9 Å². The van der Waals surface area contributed by atoms with E-state index in [1.807, 2.05) is 18.2 Å². The SMILES string of the molecule is CCOc1cc(C2CC(=O)c3ccccc3N2)cc([N+](=O)[O-])c1OCC. The number of nitrogens with zero attached hydrogens (tertiary/aromatic N) is 1. The summed E-state index contributed by atoms with van der Waals surface area (Å²) in [5.41, 5.74) is 1.81. The summed E-state index contributed by atoms with van der Waals surface area (Å²) in [6, 6.07) is 10.0. The Labute approximate surface area is 151 Å². The Morgan fingerprint density at radius 2 is 1.92 bits per heavy atom. The maximum absolute atomic E-state index is 12.4. The molecule has 1 heterocycles. The lowest BCUT2D eigenvalue weighted by atomic mass is 9.92. The van der Waals surface area contributed by atoms with Crippen LogP contribution in [0.4, 0.5) is 11.4 Å². The predicted molar refractivity (Wildman–Crippen MR) is 97.2 cm³/mol. The van der Waals surface area contributed by atoms with Crippen molar-refractivity contribution in [1.29, 1.82) is 0 Å². The average Bonchev–Trinajstić information content (AvgIpc) is 2.63. The number of nitro benzene ring substituents is 1. The van der Waals surface area contributed by atoms with Crippen molar-refractivity contribution in [2.45, 2.75) is 26.3 Å². The number of anilines is 1. The van der Waals surface area contributed by atoms with Gasteiger partial charge in [-0.25, -0.2) is 0 Å². The molecule has 0 amide bonds. The molecular formula is C19H20N2O5. The molecule has 1 aliphatic rings. The number of hydrogen-bond acceptors (Lipinski definition) is 6. The van der Waals surface area contributed by atoms with Crippen LogP contribution in [0.3, 0.4) is 0 Å². The topological polar surface area (TPSA) is 90.7 Å². The number of hydrogen-bond donors (Lipinski definition) is 1. The number of carbonyl (C=O) groups is 1. The summed E-state index contributed by atoms with van der Waals surface area (Å²) >= 11 is 0. The molecule has 7 nitrogen and oxygen atoms in total. The second-order valence-corrected chi connectivity index (χ2v) is 5.86. The summed E-state index contributed by atoms with van der Waals surface area (Å²) in [4.78, 5) is 23.5. The van der Waals surface area contributed by atoms with Crippen molar-refractivity contribution in [1.82, 2.24) is 0 Å². The van der Waals surface area contributed by atoms with Gasteiger partial charge in [0, 0.05) is 23.7 Å². The molecule has 1 N–H and O–H groups in total. The van der Waals surface area contributed by atoms with Crippen LogP contribution in [0.2, 0.25) is 0 Å². The zero-order valence-corrected chi connectivity index (χ0v) is 14.7. The van der Waals surface area contributed by atoms with Crippen molar-refractivity contribution < 1.29 is 19.2 Å². The van der Waals surface area contributed by atoms with E-state index in [0.29, 0.717) is 23.5 Å². The van der Waals surface area contributed by atoms with Crippen molar-refractivity contribution >= 4 is 17.2 Å². The molecule has 136 valence electrons. The predicted octanol–water partition coefficient (Wildman–Crippen LogP) is 4.13. The average molecular weight is 356 g/mol. The number of para-hydroxylation sites is 1. The van der Waals surface area contributed by atoms with Gasteiger partial charge in [-0.2, -0.15) is 0 Å².